The number of hydrogen-bond donors (Lipinski definition) is 1. The largest absolute Gasteiger partial charge is 0.444 e. The first-order valence-electron chi connectivity index (χ1n) is 8.52. The minimum absolute atomic E-state index is 0.182. The molecule has 0 aromatic carbocycles. The van der Waals surface area contributed by atoms with Crippen LogP contribution in [0.1, 0.15) is 39.7 Å². The van der Waals surface area contributed by atoms with Gasteiger partial charge in [0.1, 0.15) is 5.60 Å². The number of amides is 1. The maximum atomic E-state index is 12.2. The van der Waals surface area contributed by atoms with E-state index in [2.05, 4.69) is 17.3 Å². The molecular weight excluding hydrogens is 308 g/mol. The molecule has 7 nitrogen and oxygen atoms in total. The van der Waals surface area contributed by atoms with Crippen LogP contribution in [0.4, 0.5) is 4.79 Å². The molecule has 2 atom stereocenters. The van der Waals surface area contributed by atoms with Crippen molar-refractivity contribution in [2.45, 2.75) is 64.9 Å². The fourth-order valence-corrected chi connectivity index (χ4v) is 2.82. The van der Waals surface area contributed by atoms with Crippen LogP contribution in [0, 0.1) is 0 Å². The van der Waals surface area contributed by atoms with Gasteiger partial charge in [0.05, 0.1) is 19.3 Å². The SMILES string of the molecule is COCCn1cc(CNC2CC(C)N(C(=O)OC(C)(C)C)C2)cn1. The number of rotatable bonds is 6. The lowest BCUT2D eigenvalue weighted by molar-refractivity contribution is 0.0236. The molecule has 0 bridgehead atoms. The quantitative estimate of drug-likeness (QED) is 0.859. The molecule has 1 aliphatic rings. The molecule has 0 saturated carbocycles. The third-order valence-corrected chi connectivity index (χ3v) is 4.01. The molecule has 136 valence electrons. The van der Waals surface area contributed by atoms with Crippen molar-refractivity contribution in [2.75, 3.05) is 20.3 Å². The number of carbonyl (C=O) groups excluding carboxylic acids is 1. The topological polar surface area (TPSA) is 68.6 Å². The molecule has 7 heteroatoms. The minimum atomic E-state index is -0.459. The summed E-state index contributed by atoms with van der Waals surface area (Å²) in [5, 5.41) is 7.82. The number of carbonyl (C=O) groups is 1. The number of aromatic nitrogens is 2. The minimum Gasteiger partial charge on any atom is -0.444 e. The van der Waals surface area contributed by atoms with Crippen molar-refractivity contribution in [1.29, 1.82) is 0 Å². The Hall–Kier alpha value is -1.60. The molecule has 2 heterocycles. The Labute approximate surface area is 144 Å². The van der Waals surface area contributed by atoms with Crippen LogP contribution in [0.3, 0.4) is 0 Å². The molecule has 1 amide bonds. The van der Waals surface area contributed by atoms with Crippen LogP contribution in [0.15, 0.2) is 12.4 Å². The van der Waals surface area contributed by atoms with Gasteiger partial charge < -0.3 is 19.7 Å². The van der Waals surface area contributed by atoms with Gasteiger partial charge in [-0.15, -0.1) is 0 Å². The third-order valence-electron chi connectivity index (χ3n) is 4.01. The Morgan fingerprint density at radius 1 is 1.46 bits per heavy atom. The van der Waals surface area contributed by atoms with Crippen LogP contribution < -0.4 is 5.32 Å². The van der Waals surface area contributed by atoms with Gasteiger partial charge in [-0.25, -0.2) is 4.79 Å². The van der Waals surface area contributed by atoms with Crippen molar-refractivity contribution < 1.29 is 14.3 Å². The number of nitrogens with zero attached hydrogens (tertiary/aromatic N) is 3. The molecule has 2 rings (SSSR count). The Bertz CT molecular complexity index is 538. The molecule has 2 unspecified atom stereocenters. The van der Waals surface area contributed by atoms with Crippen molar-refractivity contribution in [3.05, 3.63) is 18.0 Å². The Morgan fingerprint density at radius 3 is 2.88 bits per heavy atom. The van der Waals surface area contributed by atoms with Gasteiger partial charge in [-0.1, -0.05) is 0 Å². The van der Waals surface area contributed by atoms with Gasteiger partial charge in [0.25, 0.3) is 0 Å². The zero-order valence-electron chi connectivity index (χ0n) is 15.4. The van der Waals surface area contributed by atoms with Gasteiger partial charge in [-0.05, 0) is 34.1 Å². The monoisotopic (exact) mass is 338 g/mol. The number of nitrogens with one attached hydrogen (secondary N) is 1. The summed E-state index contributed by atoms with van der Waals surface area (Å²) in [6.45, 7) is 10.6. The Morgan fingerprint density at radius 2 is 2.21 bits per heavy atom. The smallest absolute Gasteiger partial charge is 0.410 e. The van der Waals surface area contributed by atoms with E-state index in [0.717, 1.165) is 25.1 Å². The van der Waals surface area contributed by atoms with Crippen molar-refractivity contribution in [3.63, 3.8) is 0 Å². The van der Waals surface area contributed by atoms with E-state index in [4.69, 9.17) is 9.47 Å². The van der Waals surface area contributed by atoms with Gasteiger partial charge in [0.2, 0.25) is 0 Å². The van der Waals surface area contributed by atoms with E-state index >= 15 is 0 Å². The van der Waals surface area contributed by atoms with E-state index in [0.29, 0.717) is 13.2 Å². The molecule has 24 heavy (non-hydrogen) atoms. The Kier molecular flexibility index (Phi) is 6.23. The van der Waals surface area contributed by atoms with Crippen LogP contribution >= 0.6 is 0 Å². The van der Waals surface area contributed by atoms with E-state index in [1.807, 2.05) is 42.7 Å². The predicted octanol–water partition coefficient (Wildman–Crippen LogP) is 2.02. The average molecular weight is 338 g/mol. The molecule has 1 N–H and O–H groups in total. The number of likely N-dealkylation sites (tertiary alicyclic amines) is 1. The standard InChI is InChI=1S/C17H30N4O3/c1-13-8-15(12-21(13)16(22)24-17(2,3)4)18-9-14-10-19-20(11-14)6-7-23-5/h10-11,13,15,18H,6-9,12H2,1-5H3. The highest BCUT2D eigenvalue weighted by Crippen LogP contribution is 2.21. The molecule has 0 spiro atoms. The summed E-state index contributed by atoms with van der Waals surface area (Å²) >= 11 is 0. The van der Waals surface area contributed by atoms with Gasteiger partial charge >= 0.3 is 6.09 Å². The second kappa shape index (κ2) is 7.98. The second-order valence-electron chi connectivity index (χ2n) is 7.40. The first-order chi connectivity index (χ1) is 11.3. The van der Waals surface area contributed by atoms with Crippen molar-refractivity contribution in [2.24, 2.45) is 0 Å². The van der Waals surface area contributed by atoms with E-state index in [1.54, 1.807) is 7.11 Å². The van der Waals surface area contributed by atoms with Crippen LogP contribution in [-0.2, 0) is 22.6 Å². The number of ether oxygens (including phenoxy) is 2. The van der Waals surface area contributed by atoms with Crippen molar-refractivity contribution in [1.82, 2.24) is 20.0 Å². The Balaban J connectivity index is 1.80. The van der Waals surface area contributed by atoms with E-state index in [9.17, 15) is 4.79 Å². The second-order valence-corrected chi connectivity index (χ2v) is 7.40. The first kappa shape index (κ1) is 18.7. The maximum Gasteiger partial charge on any atom is 0.410 e. The van der Waals surface area contributed by atoms with Gasteiger partial charge in [0, 0.05) is 44.0 Å². The molecule has 0 aliphatic carbocycles. The van der Waals surface area contributed by atoms with Crippen LogP contribution in [0.2, 0.25) is 0 Å². The van der Waals surface area contributed by atoms with Crippen molar-refractivity contribution in [3.8, 4) is 0 Å². The summed E-state index contributed by atoms with van der Waals surface area (Å²) in [6.07, 6.45) is 4.59. The summed E-state index contributed by atoms with van der Waals surface area (Å²) in [4.78, 5) is 14.1. The lowest BCUT2D eigenvalue weighted by atomic mass is 10.2. The van der Waals surface area contributed by atoms with Crippen LogP contribution in [-0.4, -0.2) is 58.7 Å². The van der Waals surface area contributed by atoms with Crippen molar-refractivity contribution >= 4 is 6.09 Å². The molecular formula is C17H30N4O3. The van der Waals surface area contributed by atoms with Gasteiger partial charge in [-0.2, -0.15) is 5.10 Å². The summed E-state index contributed by atoms with van der Waals surface area (Å²) < 4.78 is 12.4. The summed E-state index contributed by atoms with van der Waals surface area (Å²) in [5.41, 5.74) is 0.675. The molecule has 1 fully saturated rings. The molecule has 1 saturated heterocycles. The van der Waals surface area contributed by atoms with Crippen LogP contribution in [0.5, 0.6) is 0 Å². The number of hydrogen-bond acceptors (Lipinski definition) is 5. The molecule has 1 aliphatic heterocycles. The molecule has 0 radical (unpaired) electrons. The zero-order chi connectivity index (χ0) is 17.7. The zero-order valence-corrected chi connectivity index (χ0v) is 15.4. The fraction of sp³-hybridized carbons (Fsp3) is 0.765. The summed E-state index contributed by atoms with van der Waals surface area (Å²) in [7, 11) is 1.68. The average Bonchev–Trinajstić information content (AvgIpc) is 3.07. The fourth-order valence-electron chi connectivity index (χ4n) is 2.82. The van der Waals surface area contributed by atoms with E-state index in [-0.39, 0.29) is 18.2 Å². The highest BCUT2D eigenvalue weighted by Gasteiger charge is 2.34. The predicted molar refractivity (Wildman–Crippen MR) is 91.7 cm³/mol. The van der Waals surface area contributed by atoms with Crippen LogP contribution in [0.25, 0.3) is 0 Å². The lowest BCUT2D eigenvalue weighted by Gasteiger charge is -2.26. The summed E-state index contributed by atoms with van der Waals surface area (Å²) in [5.74, 6) is 0. The number of methoxy groups -OCH3 is 1. The molecule has 1 aromatic rings. The van der Waals surface area contributed by atoms with Gasteiger partial charge in [0.15, 0.2) is 0 Å². The lowest BCUT2D eigenvalue weighted by Crippen LogP contribution is -2.40. The maximum absolute atomic E-state index is 12.2. The first-order valence-corrected chi connectivity index (χ1v) is 8.52. The van der Waals surface area contributed by atoms with E-state index < -0.39 is 5.60 Å². The molecule has 1 aromatic heterocycles. The summed E-state index contributed by atoms with van der Waals surface area (Å²) in [6, 6.07) is 0.455. The van der Waals surface area contributed by atoms with Gasteiger partial charge in [-0.3, -0.25) is 4.68 Å². The highest BCUT2D eigenvalue weighted by atomic mass is 16.6. The van der Waals surface area contributed by atoms with E-state index in [1.165, 1.54) is 0 Å². The normalized spacial score (nSPS) is 21.3. The highest BCUT2D eigenvalue weighted by molar-refractivity contribution is 5.69. The third kappa shape index (κ3) is 5.49.